The molecule has 1 spiro atoms. The van der Waals surface area contributed by atoms with Gasteiger partial charge in [-0.15, -0.1) is 0 Å². The fourth-order valence-corrected chi connectivity index (χ4v) is 6.07. The summed E-state index contributed by atoms with van der Waals surface area (Å²) in [6.45, 7) is 0. The second-order valence-corrected chi connectivity index (χ2v) is 9.84. The topological polar surface area (TPSA) is 79.8 Å². The number of amides is 1. The maximum atomic E-state index is 12.9. The minimum absolute atomic E-state index is 0.0521. The molecule has 4 aromatic rings. The molecule has 2 aliphatic rings. The first-order valence-electron chi connectivity index (χ1n) is 11.0. The smallest absolute Gasteiger partial charge is 0.272 e. The third-order valence-electron chi connectivity index (χ3n) is 7.43. The minimum Gasteiger partial charge on any atom is -0.348 e. The number of aromatic nitrogens is 3. The number of halogens is 1. The molecule has 7 heteroatoms. The predicted octanol–water partition coefficient (Wildman–Crippen LogP) is 4.52. The van der Waals surface area contributed by atoms with Crippen LogP contribution in [0.25, 0.3) is 21.7 Å². The monoisotopic (exact) mass is 446 g/mol. The maximum absolute atomic E-state index is 12.9. The Bertz CT molecular complexity index is 1440. The van der Waals surface area contributed by atoms with Crippen LogP contribution in [0.3, 0.4) is 0 Å². The summed E-state index contributed by atoms with van der Waals surface area (Å²) in [7, 11) is 1.90. The molecule has 2 heterocycles. The van der Waals surface area contributed by atoms with E-state index in [0.717, 1.165) is 47.7 Å². The van der Waals surface area contributed by atoms with Gasteiger partial charge in [0.05, 0.1) is 11.1 Å². The maximum Gasteiger partial charge on any atom is 0.272 e. The third-order valence-corrected chi connectivity index (χ3v) is 7.76. The number of carbonyl (C=O) groups is 1. The van der Waals surface area contributed by atoms with Crippen molar-refractivity contribution in [3.8, 4) is 0 Å². The van der Waals surface area contributed by atoms with Gasteiger partial charge in [0.25, 0.3) is 11.5 Å². The van der Waals surface area contributed by atoms with Crippen molar-refractivity contribution in [2.45, 2.75) is 37.6 Å². The second kappa shape index (κ2) is 6.94. The molecule has 2 saturated carbocycles. The summed E-state index contributed by atoms with van der Waals surface area (Å²) in [4.78, 5) is 25.0. The van der Waals surface area contributed by atoms with Gasteiger partial charge in [0.15, 0.2) is 0 Å². The van der Waals surface area contributed by atoms with Crippen LogP contribution in [0.4, 0.5) is 0 Å². The van der Waals surface area contributed by atoms with Gasteiger partial charge in [-0.2, -0.15) is 5.10 Å². The van der Waals surface area contributed by atoms with Crippen molar-refractivity contribution < 1.29 is 4.79 Å². The summed E-state index contributed by atoms with van der Waals surface area (Å²) in [5.74, 6) is 0.303. The third kappa shape index (κ3) is 2.89. The molecule has 2 N–H and O–H groups in total. The van der Waals surface area contributed by atoms with Crippen LogP contribution in [0.15, 0.2) is 53.3 Å². The van der Waals surface area contributed by atoms with Gasteiger partial charge >= 0.3 is 0 Å². The normalized spacial score (nSPS) is 24.4. The molecule has 0 radical (unpaired) electrons. The predicted molar refractivity (Wildman–Crippen MR) is 125 cm³/mol. The highest BCUT2D eigenvalue weighted by Crippen LogP contribution is 2.62. The fraction of sp³-hybridized carbons (Fsp3) is 0.320. The second-order valence-electron chi connectivity index (χ2n) is 9.43. The lowest BCUT2D eigenvalue weighted by atomic mass is 9.49. The summed E-state index contributed by atoms with van der Waals surface area (Å²) in [5, 5.41) is 13.4. The highest BCUT2D eigenvalue weighted by Gasteiger charge is 2.54. The highest BCUT2D eigenvalue weighted by molar-refractivity contribution is 6.35. The Morgan fingerprint density at radius 2 is 1.84 bits per heavy atom. The first-order chi connectivity index (χ1) is 15.4. The van der Waals surface area contributed by atoms with E-state index in [-0.39, 0.29) is 22.9 Å². The van der Waals surface area contributed by atoms with E-state index in [0.29, 0.717) is 22.0 Å². The van der Waals surface area contributed by atoms with Gasteiger partial charge in [-0.05, 0) is 55.4 Å². The summed E-state index contributed by atoms with van der Waals surface area (Å²) < 4.78 is 1.90. The Hall–Kier alpha value is -3.12. The molecule has 1 amide bonds. The molecule has 0 saturated heterocycles. The fourth-order valence-electron chi connectivity index (χ4n) is 5.85. The van der Waals surface area contributed by atoms with Crippen LogP contribution in [-0.2, 0) is 7.05 Å². The van der Waals surface area contributed by atoms with Crippen LogP contribution in [0.5, 0.6) is 0 Å². The number of hydrogen-bond donors (Lipinski definition) is 2. The van der Waals surface area contributed by atoms with Gasteiger partial charge in [-0.1, -0.05) is 35.9 Å². The highest BCUT2D eigenvalue weighted by atomic mass is 35.5. The minimum atomic E-state index is -0.139. The van der Waals surface area contributed by atoms with Crippen molar-refractivity contribution in [3.63, 3.8) is 0 Å². The van der Waals surface area contributed by atoms with Gasteiger partial charge in [0.2, 0.25) is 0 Å². The molecule has 2 aromatic carbocycles. The van der Waals surface area contributed by atoms with E-state index in [1.165, 1.54) is 0 Å². The van der Waals surface area contributed by atoms with Crippen LogP contribution in [0.1, 0.15) is 47.8 Å². The lowest BCUT2D eigenvalue weighted by molar-refractivity contribution is -0.0197. The Labute approximate surface area is 189 Å². The van der Waals surface area contributed by atoms with Crippen molar-refractivity contribution in [1.82, 2.24) is 20.1 Å². The van der Waals surface area contributed by atoms with Crippen molar-refractivity contribution in [2.75, 3.05) is 0 Å². The number of nitrogens with zero attached hydrogens (tertiary/aromatic N) is 2. The molecule has 0 aliphatic heterocycles. The molecule has 2 aromatic heterocycles. The average Bonchev–Trinajstić information content (AvgIpc) is 3.08. The van der Waals surface area contributed by atoms with E-state index < -0.39 is 0 Å². The lowest BCUT2D eigenvalue weighted by Crippen LogP contribution is -2.55. The van der Waals surface area contributed by atoms with E-state index in [1.54, 1.807) is 0 Å². The number of fused-ring (bicyclic) bond motifs is 2. The quantitative estimate of drug-likeness (QED) is 0.485. The van der Waals surface area contributed by atoms with Crippen molar-refractivity contribution >= 4 is 39.2 Å². The molecule has 6 nitrogen and oxygen atoms in total. The largest absolute Gasteiger partial charge is 0.348 e. The molecule has 162 valence electrons. The number of aryl methyl sites for hydroxylation is 1. The molecule has 0 bridgehead atoms. The molecule has 2 aliphatic carbocycles. The summed E-state index contributed by atoms with van der Waals surface area (Å²) in [6, 6.07) is 15.4. The lowest BCUT2D eigenvalue weighted by Gasteiger charge is -2.57. The SMILES string of the molecule is Cn1c(C(=O)NC2CC3(C2)CC(c2n[nH]c(=O)c4ccccc24)C3)cc2c(Cl)cccc21. The molecule has 32 heavy (non-hydrogen) atoms. The van der Waals surface area contributed by atoms with E-state index in [4.69, 9.17) is 11.6 Å². The first-order valence-corrected chi connectivity index (χ1v) is 11.3. The molecular formula is C25H23ClN4O2. The Morgan fingerprint density at radius 1 is 1.09 bits per heavy atom. The molecule has 0 unspecified atom stereocenters. The summed E-state index contributed by atoms with van der Waals surface area (Å²) in [6.07, 6.45) is 4.07. The zero-order valence-electron chi connectivity index (χ0n) is 17.7. The van der Waals surface area contributed by atoms with Crippen molar-refractivity contribution in [2.24, 2.45) is 12.5 Å². The van der Waals surface area contributed by atoms with Gasteiger partial charge in [-0.3, -0.25) is 9.59 Å². The number of benzene rings is 2. The number of nitrogens with one attached hydrogen (secondary N) is 2. The van der Waals surface area contributed by atoms with Crippen LogP contribution >= 0.6 is 11.6 Å². The number of H-pyrrole nitrogens is 1. The van der Waals surface area contributed by atoms with Crippen molar-refractivity contribution in [1.29, 1.82) is 0 Å². The van der Waals surface area contributed by atoms with Gasteiger partial charge in [-0.25, -0.2) is 5.10 Å². The zero-order valence-corrected chi connectivity index (χ0v) is 18.4. The Balaban J connectivity index is 1.13. The standard InChI is InChI=1S/C25H23ClN4O2/c1-30-20-8-4-7-19(26)18(20)9-21(30)24(32)27-15-12-25(13-15)10-14(11-25)22-16-5-2-3-6-17(16)23(31)29-28-22/h2-9,14-15H,10-13H2,1H3,(H,27,32)(H,29,31). The Morgan fingerprint density at radius 3 is 2.59 bits per heavy atom. The molecule has 6 rings (SSSR count). The van der Waals surface area contributed by atoms with Crippen molar-refractivity contribution in [3.05, 3.63) is 75.3 Å². The average molecular weight is 447 g/mol. The van der Waals surface area contributed by atoms with Gasteiger partial charge in [0.1, 0.15) is 5.69 Å². The van der Waals surface area contributed by atoms with E-state index in [1.807, 2.05) is 60.1 Å². The molecular weight excluding hydrogens is 424 g/mol. The van der Waals surface area contributed by atoms with Crippen LogP contribution < -0.4 is 10.9 Å². The summed E-state index contributed by atoms with van der Waals surface area (Å²) >= 11 is 6.29. The van der Waals surface area contributed by atoms with Crippen LogP contribution in [-0.4, -0.2) is 26.7 Å². The van der Waals surface area contributed by atoms with E-state index in [2.05, 4.69) is 15.5 Å². The van der Waals surface area contributed by atoms with Crippen LogP contribution in [0, 0.1) is 5.41 Å². The van der Waals surface area contributed by atoms with E-state index in [9.17, 15) is 9.59 Å². The molecule has 2 fully saturated rings. The Kier molecular flexibility index (Phi) is 4.24. The number of hydrogen-bond acceptors (Lipinski definition) is 3. The number of aromatic amines is 1. The number of rotatable bonds is 3. The number of carbonyl (C=O) groups excluding carboxylic acids is 1. The first kappa shape index (κ1) is 19.6. The van der Waals surface area contributed by atoms with E-state index >= 15 is 0 Å². The zero-order chi connectivity index (χ0) is 22.0. The van der Waals surface area contributed by atoms with Gasteiger partial charge < -0.3 is 9.88 Å². The van der Waals surface area contributed by atoms with Crippen LogP contribution in [0.2, 0.25) is 5.02 Å². The van der Waals surface area contributed by atoms with Gasteiger partial charge in [0, 0.05) is 40.3 Å². The summed E-state index contributed by atoms with van der Waals surface area (Å²) in [5.41, 5.74) is 2.72. The molecule has 0 atom stereocenters.